The third kappa shape index (κ3) is 17.2. The number of nitrogens with zero attached hydrogens (tertiary/aromatic N) is 3. The van der Waals surface area contributed by atoms with Gasteiger partial charge in [0.1, 0.15) is 41.9 Å². The first-order chi connectivity index (χ1) is 31.7. The summed E-state index contributed by atoms with van der Waals surface area (Å²) in [6, 6.07) is -0.213. The van der Waals surface area contributed by atoms with Crippen LogP contribution in [0.2, 0.25) is 0 Å². The Labute approximate surface area is 416 Å². The third-order valence-electron chi connectivity index (χ3n) is 15.6. The van der Waals surface area contributed by atoms with Gasteiger partial charge in [0.25, 0.3) is 0 Å². The Bertz CT molecular complexity index is 1470. The van der Waals surface area contributed by atoms with Crippen LogP contribution in [-0.4, -0.2) is 111 Å². The minimum Gasteiger partial charge on any atom is -0.462 e. The monoisotopic (exact) mass is 965 g/mol. The lowest BCUT2D eigenvalue weighted by Crippen LogP contribution is -2.78. The molecule has 0 bridgehead atoms. The van der Waals surface area contributed by atoms with Gasteiger partial charge in [-0.2, -0.15) is 14.8 Å². The largest absolute Gasteiger partial charge is 0.462 e. The molecule has 3 rings (SSSR count). The fourth-order valence-corrected chi connectivity index (χ4v) is 13.6. The van der Waals surface area contributed by atoms with Crippen LogP contribution >= 0.6 is 0 Å². The molecule has 1 unspecified atom stereocenters. The predicted molar refractivity (Wildman–Crippen MR) is 273 cm³/mol. The number of rotatable bonds is 30. The van der Waals surface area contributed by atoms with Crippen molar-refractivity contribution < 1.29 is 47.8 Å². The Kier molecular flexibility index (Phi) is 23.8. The second kappa shape index (κ2) is 26.7. The zero-order valence-corrected chi connectivity index (χ0v) is 46.9. The fourth-order valence-electron chi connectivity index (χ4n) is 13.6. The highest BCUT2D eigenvalue weighted by Crippen LogP contribution is 2.51. The van der Waals surface area contributed by atoms with Crippen LogP contribution in [0.25, 0.3) is 0 Å². The standard InChI is InChI=1S/C56H106N3O9/c1-17-19-21-23-27-31-35-64-57-51(4,5)38-46(39-52(57,6)7)67-49(61)34-30-26-25-29-33-45(59(63-16)55(12,13)42-48(66-44(3)60)43-56(59,14)15)37-50(62)68-47-40-53(8,9)58(54(10,11)41-47)65-36-32-28-24-22-20-18-2/h45-48H,17-43H2,1-16H3/q+1. The smallest absolute Gasteiger partial charge is 0.312 e. The van der Waals surface area contributed by atoms with Crippen molar-refractivity contribution in [2.24, 2.45) is 0 Å². The molecule has 3 aliphatic rings. The maximum atomic E-state index is 14.4. The maximum Gasteiger partial charge on any atom is 0.312 e. The maximum absolute atomic E-state index is 14.4. The molecule has 3 heterocycles. The molecule has 0 aliphatic carbocycles. The minimum atomic E-state index is -0.493. The van der Waals surface area contributed by atoms with Crippen molar-refractivity contribution in [3.05, 3.63) is 0 Å². The molecular weight excluding hydrogens is 859 g/mol. The first-order valence-corrected chi connectivity index (χ1v) is 27.6. The molecule has 0 spiro atoms. The van der Waals surface area contributed by atoms with E-state index in [9.17, 15) is 14.4 Å². The lowest BCUT2D eigenvalue weighted by molar-refractivity contribution is -1.19. The van der Waals surface area contributed by atoms with Gasteiger partial charge in [-0.3, -0.25) is 24.1 Å². The molecule has 0 saturated carbocycles. The van der Waals surface area contributed by atoms with Gasteiger partial charge in [-0.1, -0.05) is 90.9 Å². The molecule has 3 aliphatic heterocycles. The number of unbranched alkanes of at least 4 members (excludes halogenated alkanes) is 13. The quantitative estimate of drug-likeness (QED) is 0.0297. The summed E-state index contributed by atoms with van der Waals surface area (Å²) in [5.74, 6) is -0.622. The summed E-state index contributed by atoms with van der Waals surface area (Å²) in [6.07, 6.45) is 22.8. The number of esters is 3. The van der Waals surface area contributed by atoms with E-state index in [1.54, 1.807) is 7.11 Å². The molecule has 3 fully saturated rings. The lowest BCUT2D eigenvalue weighted by atomic mass is 9.74. The Hall–Kier alpha value is -1.83. The first kappa shape index (κ1) is 60.5. The predicted octanol–water partition coefficient (Wildman–Crippen LogP) is 13.5. The van der Waals surface area contributed by atoms with Gasteiger partial charge >= 0.3 is 17.9 Å². The number of quaternary nitrogens is 1. The molecule has 68 heavy (non-hydrogen) atoms. The number of hydrogen-bond donors (Lipinski definition) is 0. The van der Waals surface area contributed by atoms with E-state index in [1.807, 2.05) is 0 Å². The number of likely N-dealkylation sites (tertiary alicyclic amines) is 1. The van der Waals surface area contributed by atoms with Crippen molar-refractivity contribution in [2.45, 2.75) is 322 Å². The Morgan fingerprint density at radius 3 is 1.28 bits per heavy atom. The molecule has 0 radical (unpaired) electrons. The minimum absolute atomic E-state index is 0.131. The second-order valence-corrected chi connectivity index (χ2v) is 25.0. The summed E-state index contributed by atoms with van der Waals surface area (Å²) in [5.41, 5.74) is -2.15. The summed E-state index contributed by atoms with van der Waals surface area (Å²) in [6.45, 7) is 33.7. The van der Waals surface area contributed by atoms with Crippen LogP contribution in [0.1, 0.15) is 264 Å². The number of carbonyl (C=O) groups excluding carboxylic acids is 3. The number of carbonyl (C=O) groups is 3. The Morgan fingerprint density at radius 2 is 0.868 bits per heavy atom. The van der Waals surface area contributed by atoms with E-state index in [0.29, 0.717) is 38.7 Å². The average Bonchev–Trinajstić information content (AvgIpc) is 3.18. The molecule has 0 N–H and O–H groups in total. The van der Waals surface area contributed by atoms with Gasteiger partial charge in [0, 0.05) is 80.4 Å². The molecule has 12 nitrogen and oxygen atoms in total. The van der Waals surface area contributed by atoms with E-state index in [4.69, 9.17) is 28.7 Å². The molecule has 398 valence electrons. The molecule has 1 atom stereocenters. The first-order valence-electron chi connectivity index (χ1n) is 27.6. The van der Waals surface area contributed by atoms with Crippen LogP contribution in [0.4, 0.5) is 0 Å². The van der Waals surface area contributed by atoms with Gasteiger partial charge < -0.3 is 14.2 Å². The number of ether oxygens (including phenoxy) is 3. The van der Waals surface area contributed by atoms with E-state index < -0.39 is 11.1 Å². The molecule has 0 aromatic rings. The van der Waals surface area contributed by atoms with Crippen molar-refractivity contribution >= 4 is 17.9 Å². The number of hydrogen-bond acceptors (Lipinski definition) is 11. The number of hydroxylamine groups is 7. The van der Waals surface area contributed by atoms with Crippen LogP contribution in [-0.2, 0) is 43.1 Å². The van der Waals surface area contributed by atoms with Crippen LogP contribution in [0, 0.1) is 0 Å². The number of piperidine rings is 3. The van der Waals surface area contributed by atoms with Crippen molar-refractivity contribution in [3.8, 4) is 0 Å². The van der Waals surface area contributed by atoms with Gasteiger partial charge in [-0.25, -0.2) is 4.84 Å². The second-order valence-electron chi connectivity index (χ2n) is 25.0. The molecule has 3 saturated heterocycles. The van der Waals surface area contributed by atoms with Gasteiger partial charge in [-0.15, -0.1) is 0 Å². The van der Waals surface area contributed by atoms with Gasteiger partial charge in [0.15, 0.2) is 0 Å². The average molecular weight is 965 g/mol. The third-order valence-corrected chi connectivity index (χ3v) is 15.6. The van der Waals surface area contributed by atoms with Crippen LogP contribution in [0.3, 0.4) is 0 Å². The van der Waals surface area contributed by atoms with Gasteiger partial charge in [-0.05, 0) is 109 Å². The summed E-state index contributed by atoms with van der Waals surface area (Å²) in [4.78, 5) is 59.5. The van der Waals surface area contributed by atoms with Crippen molar-refractivity contribution in [2.75, 3.05) is 20.3 Å². The summed E-state index contributed by atoms with van der Waals surface area (Å²) < 4.78 is 18.8. The molecule has 0 aromatic carbocycles. The van der Waals surface area contributed by atoms with Crippen molar-refractivity contribution in [3.63, 3.8) is 0 Å². The Morgan fingerprint density at radius 1 is 0.500 bits per heavy atom. The highest BCUT2D eigenvalue weighted by molar-refractivity contribution is 5.70. The zero-order valence-electron chi connectivity index (χ0n) is 46.9. The van der Waals surface area contributed by atoms with E-state index in [2.05, 4.69) is 107 Å². The molecule has 0 amide bonds. The summed E-state index contributed by atoms with van der Waals surface area (Å²) in [7, 11) is 1.77. The van der Waals surface area contributed by atoms with Gasteiger partial charge in [0.2, 0.25) is 0 Å². The van der Waals surface area contributed by atoms with E-state index in [0.717, 1.165) is 64.4 Å². The van der Waals surface area contributed by atoms with E-state index in [1.165, 1.54) is 71.1 Å². The molecule has 12 heteroatoms. The van der Waals surface area contributed by atoms with Crippen molar-refractivity contribution in [1.29, 1.82) is 0 Å². The van der Waals surface area contributed by atoms with E-state index >= 15 is 0 Å². The topological polar surface area (TPSA) is 113 Å². The lowest BCUT2D eigenvalue weighted by Gasteiger charge is -2.62. The highest BCUT2D eigenvalue weighted by Gasteiger charge is 2.65. The van der Waals surface area contributed by atoms with E-state index in [-0.39, 0.29) is 75.5 Å². The SMILES string of the molecule is CCCCCCCCON1C(C)(C)CC(OC(=O)CCCCCCC(CC(=O)OC2CC(C)(C)N(OCCCCCCCC)C(C)(C)C2)[N+]2(OC)C(C)(C)CC(OC(C)=O)CC2(C)C)CC1(C)C. The zero-order chi connectivity index (χ0) is 51.0. The summed E-state index contributed by atoms with van der Waals surface area (Å²) in [5, 5.41) is 4.34. The van der Waals surface area contributed by atoms with Gasteiger partial charge in [0.05, 0.1) is 20.3 Å². The Balaban J connectivity index is 1.64. The summed E-state index contributed by atoms with van der Waals surface area (Å²) >= 11 is 0. The van der Waals surface area contributed by atoms with Crippen LogP contribution in [0.15, 0.2) is 0 Å². The normalized spacial score (nSPS) is 25.1. The fraction of sp³-hybridized carbons (Fsp3) is 0.946. The van der Waals surface area contributed by atoms with Crippen molar-refractivity contribution in [1.82, 2.24) is 10.1 Å². The highest BCUT2D eigenvalue weighted by atomic mass is 16.7. The molecular formula is C56H106N3O9+. The van der Waals surface area contributed by atoms with Crippen LogP contribution < -0.4 is 0 Å². The molecule has 0 aromatic heterocycles. The van der Waals surface area contributed by atoms with Crippen LogP contribution in [0.5, 0.6) is 0 Å².